The second-order valence-corrected chi connectivity index (χ2v) is 5.62. The zero-order valence-corrected chi connectivity index (χ0v) is 12.2. The van der Waals surface area contributed by atoms with Gasteiger partial charge in [0.2, 0.25) is 0 Å². The Bertz CT molecular complexity index is 409. The summed E-state index contributed by atoms with van der Waals surface area (Å²) in [6.45, 7) is 8.95. The van der Waals surface area contributed by atoms with Crippen LogP contribution in [0.4, 0.5) is 0 Å². The van der Waals surface area contributed by atoms with E-state index in [4.69, 9.17) is 4.74 Å². The average Bonchev–Trinajstić information content (AvgIpc) is 2.40. The molecule has 1 aliphatic heterocycles. The van der Waals surface area contributed by atoms with Crippen LogP contribution in [0.5, 0.6) is 5.75 Å². The molecule has 0 aliphatic carbocycles. The van der Waals surface area contributed by atoms with Crippen LogP contribution in [-0.4, -0.2) is 35.7 Å². The molecule has 1 aliphatic rings. The summed E-state index contributed by atoms with van der Waals surface area (Å²) in [5, 5.41) is 10.9. The van der Waals surface area contributed by atoms with Crippen molar-refractivity contribution >= 4 is 0 Å². The van der Waals surface area contributed by atoms with Crippen molar-refractivity contribution in [1.82, 2.24) is 4.90 Å². The van der Waals surface area contributed by atoms with E-state index in [0.717, 1.165) is 37.2 Å². The maximum absolute atomic E-state index is 10.9. The highest BCUT2D eigenvalue weighted by molar-refractivity contribution is 5.32. The van der Waals surface area contributed by atoms with E-state index < -0.39 is 5.60 Å². The van der Waals surface area contributed by atoms with Gasteiger partial charge in [-0.3, -0.25) is 0 Å². The molecule has 0 unspecified atom stereocenters. The zero-order chi connectivity index (χ0) is 13.9. The smallest absolute Gasteiger partial charge is 0.119 e. The molecule has 0 spiro atoms. The zero-order valence-electron chi connectivity index (χ0n) is 12.2. The van der Waals surface area contributed by atoms with E-state index in [1.54, 1.807) is 0 Å². The topological polar surface area (TPSA) is 32.7 Å². The van der Waals surface area contributed by atoms with Gasteiger partial charge in [-0.25, -0.2) is 0 Å². The van der Waals surface area contributed by atoms with Crippen LogP contribution in [-0.2, 0) is 5.60 Å². The molecule has 3 heteroatoms. The van der Waals surface area contributed by atoms with Crippen molar-refractivity contribution in [3.8, 4) is 5.75 Å². The molecular weight excluding hydrogens is 238 g/mol. The summed E-state index contributed by atoms with van der Waals surface area (Å²) in [4.78, 5) is 2.42. The first-order chi connectivity index (χ1) is 9.05. The van der Waals surface area contributed by atoms with Crippen molar-refractivity contribution in [2.45, 2.75) is 45.3 Å². The third-order valence-electron chi connectivity index (χ3n) is 4.04. The highest BCUT2D eigenvalue weighted by Gasteiger charge is 2.34. The largest absolute Gasteiger partial charge is 0.494 e. The van der Waals surface area contributed by atoms with E-state index in [-0.39, 0.29) is 0 Å². The lowest BCUT2D eigenvalue weighted by atomic mass is 9.84. The molecule has 1 saturated heterocycles. The first kappa shape index (κ1) is 14.4. The number of nitrogens with zero attached hydrogens (tertiary/aromatic N) is 1. The van der Waals surface area contributed by atoms with E-state index in [2.05, 4.69) is 18.7 Å². The molecule has 1 fully saturated rings. The quantitative estimate of drug-likeness (QED) is 0.906. The fourth-order valence-corrected chi connectivity index (χ4v) is 2.74. The van der Waals surface area contributed by atoms with Crippen LogP contribution in [0.2, 0.25) is 0 Å². The van der Waals surface area contributed by atoms with Gasteiger partial charge in [0.05, 0.1) is 12.2 Å². The Morgan fingerprint density at radius 3 is 2.58 bits per heavy atom. The molecule has 1 aromatic carbocycles. The number of hydrogen-bond donors (Lipinski definition) is 1. The van der Waals surface area contributed by atoms with E-state index >= 15 is 0 Å². The molecule has 0 amide bonds. The van der Waals surface area contributed by atoms with Crippen molar-refractivity contribution < 1.29 is 9.84 Å². The van der Waals surface area contributed by atoms with Gasteiger partial charge in [-0.1, -0.05) is 12.1 Å². The number of aliphatic hydroxyl groups is 1. The summed E-state index contributed by atoms with van der Waals surface area (Å²) in [5.74, 6) is 0.847. The van der Waals surface area contributed by atoms with Gasteiger partial charge < -0.3 is 14.7 Å². The number of benzene rings is 1. The third kappa shape index (κ3) is 3.28. The lowest BCUT2D eigenvalue weighted by molar-refractivity contribution is -0.0325. The molecule has 0 aromatic heterocycles. The van der Waals surface area contributed by atoms with Gasteiger partial charge in [0.25, 0.3) is 0 Å². The minimum atomic E-state index is -0.696. The number of rotatable bonds is 4. The molecule has 19 heavy (non-hydrogen) atoms. The predicted molar refractivity (Wildman–Crippen MR) is 77.5 cm³/mol. The first-order valence-corrected chi connectivity index (χ1v) is 7.25. The van der Waals surface area contributed by atoms with Crippen molar-refractivity contribution in [2.75, 3.05) is 19.7 Å². The lowest BCUT2D eigenvalue weighted by Crippen LogP contribution is -2.45. The minimum Gasteiger partial charge on any atom is -0.494 e. The highest BCUT2D eigenvalue weighted by atomic mass is 16.5. The Kier molecular flexibility index (Phi) is 4.48. The van der Waals surface area contributed by atoms with Crippen molar-refractivity contribution in [2.24, 2.45) is 0 Å². The number of hydrogen-bond acceptors (Lipinski definition) is 3. The van der Waals surface area contributed by atoms with Gasteiger partial charge in [-0.05, 0) is 51.3 Å². The summed E-state index contributed by atoms with van der Waals surface area (Å²) in [6.07, 6.45) is 1.58. The normalized spacial score (nSPS) is 19.6. The monoisotopic (exact) mass is 263 g/mol. The highest BCUT2D eigenvalue weighted by Crippen LogP contribution is 2.34. The van der Waals surface area contributed by atoms with Crippen LogP contribution in [0.1, 0.15) is 39.2 Å². The molecule has 0 atom stereocenters. The predicted octanol–water partition coefficient (Wildman–Crippen LogP) is 2.78. The Hall–Kier alpha value is -1.06. The van der Waals surface area contributed by atoms with Crippen molar-refractivity contribution in [3.05, 3.63) is 29.8 Å². The van der Waals surface area contributed by atoms with Gasteiger partial charge in [0, 0.05) is 19.1 Å². The summed E-state index contributed by atoms with van der Waals surface area (Å²) >= 11 is 0. The first-order valence-electron chi connectivity index (χ1n) is 7.25. The summed E-state index contributed by atoms with van der Waals surface area (Å²) in [6, 6.07) is 8.45. The van der Waals surface area contributed by atoms with E-state index in [9.17, 15) is 5.11 Å². The lowest BCUT2D eigenvalue weighted by Gasteiger charge is -2.40. The molecular formula is C16H25NO2. The molecule has 106 valence electrons. The second-order valence-electron chi connectivity index (χ2n) is 5.62. The van der Waals surface area contributed by atoms with Crippen LogP contribution in [0.3, 0.4) is 0 Å². The van der Waals surface area contributed by atoms with E-state index in [0.29, 0.717) is 12.6 Å². The van der Waals surface area contributed by atoms with Crippen LogP contribution >= 0.6 is 0 Å². The summed E-state index contributed by atoms with van der Waals surface area (Å²) in [7, 11) is 0. The second kappa shape index (κ2) is 5.93. The molecule has 0 saturated carbocycles. The van der Waals surface area contributed by atoms with Crippen LogP contribution < -0.4 is 4.74 Å². The Morgan fingerprint density at radius 1 is 1.32 bits per heavy atom. The molecule has 0 bridgehead atoms. The van der Waals surface area contributed by atoms with Crippen molar-refractivity contribution in [1.29, 1.82) is 0 Å². The Morgan fingerprint density at radius 2 is 2.00 bits per heavy atom. The average molecular weight is 263 g/mol. The molecule has 1 heterocycles. The Labute approximate surface area is 116 Å². The van der Waals surface area contributed by atoms with Gasteiger partial charge in [0.1, 0.15) is 5.75 Å². The molecule has 0 radical (unpaired) electrons. The van der Waals surface area contributed by atoms with Gasteiger partial charge in [-0.15, -0.1) is 0 Å². The third-order valence-corrected chi connectivity index (χ3v) is 4.04. The Balaban J connectivity index is 2.10. The molecule has 1 N–H and O–H groups in total. The molecule has 3 nitrogen and oxygen atoms in total. The van der Waals surface area contributed by atoms with Gasteiger partial charge in [-0.2, -0.15) is 0 Å². The maximum atomic E-state index is 10.9. The minimum absolute atomic E-state index is 0.555. The number of likely N-dealkylation sites (tertiary alicyclic amines) is 1. The maximum Gasteiger partial charge on any atom is 0.119 e. The van der Waals surface area contributed by atoms with Crippen molar-refractivity contribution in [3.63, 3.8) is 0 Å². The van der Waals surface area contributed by atoms with Crippen LogP contribution in [0.15, 0.2) is 24.3 Å². The fourth-order valence-electron chi connectivity index (χ4n) is 2.74. The SMILES string of the molecule is CCOc1cccc(C2(O)CCN(C(C)C)CC2)c1. The summed E-state index contributed by atoms with van der Waals surface area (Å²) in [5.41, 5.74) is 0.292. The molecule has 1 aromatic rings. The van der Waals surface area contributed by atoms with Crippen LogP contribution in [0.25, 0.3) is 0 Å². The van der Waals surface area contributed by atoms with Gasteiger partial charge in [0.15, 0.2) is 0 Å². The van der Waals surface area contributed by atoms with Gasteiger partial charge >= 0.3 is 0 Å². The molecule has 2 rings (SSSR count). The van der Waals surface area contributed by atoms with E-state index in [1.165, 1.54) is 0 Å². The summed E-state index contributed by atoms with van der Waals surface area (Å²) < 4.78 is 5.52. The number of piperidine rings is 1. The number of ether oxygens (including phenoxy) is 1. The standard InChI is InChI=1S/C16H25NO2/c1-4-19-15-7-5-6-14(12-15)16(18)8-10-17(11-9-16)13(2)3/h5-7,12-13,18H,4,8-11H2,1-3H3. The van der Waals surface area contributed by atoms with Crippen LogP contribution in [0, 0.1) is 0 Å². The van der Waals surface area contributed by atoms with E-state index in [1.807, 2.05) is 31.2 Å². The fraction of sp³-hybridized carbons (Fsp3) is 0.625.